The number of carbonyl (C=O) groups excluding carboxylic acids is 1. The standard InChI is InChI=1S/C30H33F3N4O6S/c1-41-28-16-23(44(2,39)40)8-9-26(28)34-12-4-5-21-15-24-25(6-3-7-27(24)37(21)19-30(31,32)33)35-20-10-13-36(14-11-20)17-22-18-42-29(38)43-22/h3,6-9,15-16,20,22,34-35H,10-14,17-19H2,1-2H3/t22-/m0/s1. The minimum atomic E-state index is -4.45. The SMILES string of the molecule is COc1cc(S(C)(=O)=O)ccc1NCC#Cc1cc2c(NC3CCN(C[C@H]4COC(=O)O4)CC3)cccc2n1CC(F)(F)F. The molecule has 0 amide bonds. The van der Waals surface area contributed by atoms with Gasteiger partial charge in [-0.1, -0.05) is 12.0 Å². The van der Waals surface area contributed by atoms with Crippen LogP contribution in [0.3, 0.4) is 0 Å². The first-order valence-corrected chi connectivity index (χ1v) is 15.9. The molecular weight excluding hydrogens is 601 g/mol. The third-order valence-electron chi connectivity index (χ3n) is 7.53. The molecule has 2 N–H and O–H groups in total. The summed E-state index contributed by atoms with van der Waals surface area (Å²) in [6.45, 7) is 1.31. The average Bonchev–Trinajstić information content (AvgIpc) is 3.53. The van der Waals surface area contributed by atoms with E-state index in [1.165, 1.54) is 23.8 Å². The van der Waals surface area contributed by atoms with E-state index >= 15 is 0 Å². The average molecular weight is 635 g/mol. The van der Waals surface area contributed by atoms with Crippen LogP contribution in [0.2, 0.25) is 0 Å². The lowest BCUT2D eigenvalue weighted by atomic mass is 10.0. The Balaban J connectivity index is 1.30. The molecule has 2 fully saturated rings. The predicted molar refractivity (Wildman–Crippen MR) is 159 cm³/mol. The highest BCUT2D eigenvalue weighted by atomic mass is 32.2. The van der Waals surface area contributed by atoms with Crippen molar-refractivity contribution in [3.8, 4) is 17.6 Å². The van der Waals surface area contributed by atoms with E-state index < -0.39 is 28.7 Å². The molecule has 0 saturated carbocycles. The van der Waals surface area contributed by atoms with Crippen molar-refractivity contribution >= 4 is 38.3 Å². The van der Waals surface area contributed by atoms with Gasteiger partial charge in [0.15, 0.2) is 15.9 Å². The Morgan fingerprint density at radius 1 is 1.11 bits per heavy atom. The Morgan fingerprint density at radius 2 is 1.89 bits per heavy atom. The van der Waals surface area contributed by atoms with Gasteiger partial charge in [-0.15, -0.1) is 0 Å². The molecule has 10 nitrogen and oxygen atoms in total. The monoisotopic (exact) mass is 634 g/mol. The first-order chi connectivity index (χ1) is 20.9. The van der Waals surface area contributed by atoms with Crippen molar-refractivity contribution in [3.05, 3.63) is 48.2 Å². The number of sulfone groups is 1. The number of ether oxygens (including phenoxy) is 3. The quantitative estimate of drug-likeness (QED) is 0.260. The van der Waals surface area contributed by atoms with Gasteiger partial charge in [-0.05, 0) is 49.1 Å². The zero-order valence-electron chi connectivity index (χ0n) is 24.2. The third-order valence-corrected chi connectivity index (χ3v) is 8.64. The molecule has 44 heavy (non-hydrogen) atoms. The van der Waals surface area contributed by atoms with E-state index in [1.807, 2.05) is 6.07 Å². The van der Waals surface area contributed by atoms with Crippen molar-refractivity contribution in [2.24, 2.45) is 0 Å². The molecular formula is C30H33F3N4O6S. The second kappa shape index (κ2) is 12.9. The number of hydrogen-bond donors (Lipinski definition) is 2. The fourth-order valence-electron chi connectivity index (χ4n) is 5.41. The first kappa shape index (κ1) is 31.3. The van der Waals surface area contributed by atoms with E-state index in [4.69, 9.17) is 14.2 Å². The van der Waals surface area contributed by atoms with Crippen molar-refractivity contribution < 1.29 is 40.6 Å². The van der Waals surface area contributed by atoms with Gasteiger partial charge in [-0.2, -0.15) is 13.2 Å². The fraction of sp³-hybridized carbons (Fsp3) is 0.433. The van der Waals surface area contributed by atoms with Gasteiger partial charge in [0.2, 0.25) is 0 Å². The molecule has 0 unspecified atom stereocenters. The molecule has 2 aliphatic heterocycles. The summed E-state index contributed by atoms with van der Waals surface area (Å²) in [5.41, 5.74) is 1.87. The van der Waals surface area contributed by atoms with Crippen molar-refractivity contribution in [2.75, 3.05) is 56.8 Å². The number of alkyl halides is 3. The summed E-state index contributed by atoms with van der Waals surface area (Å²) >= 11 is 0. The predicted octanol–water partition coefficient (Wildman–Crippen LogP) is 4.49. The third kappa shape index (κ3) is 7.70. The Labute approximate surface area is 253 Å². The summed E-state index contributed by atoms with van der Waals surface area (Å²) in [5, 5.41) is 7.20. The molecule has 2 aliphatic rings. The van der Waals surface area contributed by atoms with Crippen LogP contribution >= 0.6 is 0 Å². The van der Waals surface area contributed by atoms with Crippen LogP contribution in [0, 0.1) is 11.8 Å². The molecule has 236 valence electrons. The van der Waals surface area contributed by atoms with Crippen molar-refractivity contribution in [3.63, 3.8) is 0 Å². The van der Waals surface area contributed by atoms with Gasteiger partial charge in [-0.25, -0.2) is 13.2 Å². The van der Waals surface area contributed by atoms with Gasteiger partial charge in [0.25, 0.3) is 0 Å². The molecule has 3 heterocycles. The molecule has 0 aliphatic carbocycles. The van der Waals surface area contributed by atoms with E-state index in [0.29, 0.717) is 28.9 Å². The molecule has 14 heteroatoms. The number of anilines is 2. The largest absolute Gasteiger partial charge is 0.508 e. The number of benzene rings is 2. The number of carbonyl (C=O) groups is 1. The molecule has 5 rings (SSSR count). The highest BCUT2D eigenvalue weighted by Gasteiger charge is 2.31. The van der Waals surface area contributed by atoms with Crippen LogP contribution < -0.4 is 15.4 Å². The Morgan fingerprint density at radius 3 is 2.55 bits per heavy atom. The van der Waals surface area contributed by atoms with Crippen LogP contribution in [-0.2, 0) is 25.9 Å². The smallest absolute Gasteiger partial charge is 0.495 e. The highest BCUT2D eigenvalue weighted by molar-refractivity contribution is 7.90. The summed E-state index contributed by atoms with van der Waals surface area (Å²) in [6, 6.07) is 11.4. The number of nitrogens with zero attached hydrogens (tertiary/aromatic N) is 2. The number of halogens is 3. The number of likely N-dealkylation sites (tertiary alicyclic amines) is 1. The van der Waals surface area contributed by atoms with Gasteiger partial charge in [0.05, 0.1) is 35.4 Å². The molecule has 1 atom stereocenters. The number of piperidine rings is 1. The van der Waals surface area contributed by atoms with Gasteiger partial charge in [0, 0.05) is 49.1 Å². The number of fused-ring (bicyclic) bond motifs is 1. The molecule has 0 radical (unpaired) electrons. The second-order valence-electron chi connectivity index (χ2n) is 10.8. The molecule has 3 aromatic rings. The number of nitrogens with one attached hydrogen (secondary N) is 2. The summed E-state index contributed by atoms with van der Waals surface area (Å²) < 4.78 is 81.0. The van der Waals surface area contributed by atoms with Gasteiger partial charge in [0.1, 0.15) is 18.9 Å². The number of hydrogen-bond acceptors (Lipinski definition) is 9. The van der Waals surface area contributed by atoms with Crippen LogP contribution in [0.15, 0.2) is 47.4 Å². The van der Waals surface area contributed by atoms with Crippen molar-refractivity contribution in [1.29, 1.82) is 0 Å². The Kier molecular flexibility index (Phi) is 9.17. The van der Waals surface area contributed by atoms with Crippen molar-refractivity contribution in [2.45, 2.75) is 42.6 Å². The van der Waals surface area contributed by atoms with Gasteiger partial charge >= 0.3 is 12.3 Å². The molecule has 2 aromatic carbocycles. The summed E-state index contributed by atoms with van der Waals surface area (Å²) in [6.07, 6.45) is -2.64. The number of rotatable bonds is 9. The molecule has 1 aromatic heterocycles. The highest BCUT2D eigenvalue weighted by Crippen LogP contribution is 2.32. The molecule has 0 spiro atoms. The fourth-order valence-corrected chi connectivity index (χ4v) is 6.05. The van der Waals surface area contributed by atoms with E-state index in [-0.39, 0.29) is 35.9 Å². The van der Waals surface area contributed by atoms with E-state index in [1.54, 1.807) is 24.3 Å². The van der Waals surface area contributed by atoms with Gasteiger partial charge < -0.3 is 29.4 Å². The lowest BCUT2D eigenvalue weighted by Gasteiger charge is -2.33. The maximum atomic E-state index is 13.6. The van der Waals surface area contributed by atoms with Crippen LogP contribution in [-0.4, -0.2) is 88.5 Å². The van der Waals surface area contributed by atoms with E-state index in [9.17, 15) is 26.4 Å². The van der Waals surface area contributed by atoms with Crippen molar-refractivity contribution in [1.82, 2.24) is 9.47 Å². The van der Waals surface area contributed by atoms with Crippen LogP contribution in [0.5, 0.6) is 5.75 Å². The zero-order chi connectivity index (χ0) is 31.5. The van der Waals surface area contributed by atoms with E-state index in [2.05, 4.69) is 27.4 Å². The maximum Gasteiger partial charge on any atom is 0.508 e. The minimum absolute atomic E-state index is 0.0813. The number of aromatic nitrogens is 1. The summed E-state index contributed by atoms with van der Waals surface area (Å²) in [4.78, 5) is 13.5. The summed E-state index contributed by atoms with van der Waals surface area (Å²) in [5.74, 6) is 6.06. The van der Waals surface area contributed by atoms with Crippen LogP contribution in [0.1, 0.15) is 18.5 Å². The Hall–Kier alpha value is -4.09. The second-order valence-corrected chi connectivity index (χ2v) is 12.8. The zero-order valence-corrected chi connectivity index (χ0v) is 25.1. The lowest BCUT2D eigenvalue weighted by Crippen LogP contribution is -2.43. The van der Waals surface area contributed by atoms with Crippen LogP contribution in [0.4, 0.5) is 29.3 Å². The lowest BCUT2D eigenvalue weighted by molar-refractivity contribution is -0.140. The summed E-state index contributed by atoms with van der Waals surface area (Å²) in [7, 11) is -2.01. The number of methoxy groups -OCH3 is 1. The van der Waals surface area contributed by atoms with E-state index in [0.717, 1.165) is 37.9 Å². The molecule has 0 bridgehead atoms. The minimum Gasteiger partial charge on any atom is -0.495 e. The maximum absolute atomic E-state index is 13.6. The van der Waals surface area contributed by atoms with Gasteiger partial charge in [-0.3, -0.25) is 4.90 Å². The Bertz CT molecular complexity index is 1690. The van der Waals surface area contributed by atoms with Crippen LogP contribution in [0.25, 0.3) is 10.9 Å². The topological polar surface area (TPSA) is 111 Å². The number of cyclic esters (lactones) is 2. The normalized spacial score (nSPS) is 17.9. The first-order valence-electron chi connectivity index (χ1n) is 14.0. The molecule has 2 saturated heterocycles.